The monoisotopic (exact) mass is 440 g/mol. The van der Waals surface area contributed by atoms with Gasteiger partial charge in [0.15, 0.2) is 17.7 Å². The van der Waals surface area contributed by atoms with Gasteiger partial charge in [-0.15, -0.1) is 17.9 Å². The number of oxime groups is 1. The maximum Gasteiger partial charge on any atom is 0.194 e. The molecule has 0 amide bonds. The largest absolute Gasteiger partial charge is 0.504 e. The summed E-state index contributed by atoms with van der Waals surface area (Å²) in [5.41, 5.74) is 2.89. The fourth-order valence-corrected chi connectivity index (χ4v) is 6.00. The Morgan fingerprint density at radius 3 is 2.87 bits per heavy atom. The van der Waals surface area contributed by atoms with Crippen molar-refractivity contribution in [3.63, 3.8) is 0 Å². The molecule has 0 unspecified atom stereocenters. The minimum absolute atomic E-state index is 0.0823. The summed E-state index contributed by atoms with van der Waals surface area (Å²) in [5, 5.41) is 16.5. The van der Waals surface area contributed by atoms with Crippen LogP contribution in [0.25, 0.3) is 10.1 Å². The van der Waals surface area contributed by atoms with E-state index in [1.54, 1.807) is 24.5 Å². The molecule has 2 aromatic carbocycles. The zero-order valence-corrected chi connectivity index (χ0v) is 18.2. The molecule has 7 heteroatoms. The molecular weight excluding hydrogens is 420 g/mol. The van der Waals surface area contributed by atoms with E-state index < -0.39 is 0 Å². The minimum atomic E-state index is -0.297. The van der Waals surface area contributed by atoms with Crippen molar-refractivity contribution in [2.75, 3.05) is 7.11 Å². The SMILES string of the molecule is C=C[C@@H]1c2cc(OC)c(O)cc2[C@H]2C(C)=NO[C@H]2N1Cc1sc2ccccc2c1Cl. The van der Waals surface area contributed by atoms with Gasteiger partial charge in [-0.05, 0) is 36.2 Å². The molecule has 0 radical (unpaired) electrons. The summed E-state index contributed by atoms with van der Waals surface area (Å²) in [4.78, 5) is 9.17. The molecule has 5 rings (SSSR count). The summed E-state index contributed by atoms with van der Waals surface area (Å²) < 4.78 is 6.53. The van der Waals surface area contributed by atoms with E-state index in [0.29, 0.717) is 12.3 Å². The van der Waals surface area contributed by atoms with Gasteiger partial charge in [0.05, 0.1) is 29.8 Å². The number of aromatic hydroxyl groups is 1. The molecule has 0 saturated carbocycles. The van der Waals surface area contributed by atoms with Crippen LogP contribution in [0.2, 0.25) is 5.02 Å². The Bertz CT molecular complexity index is 1190. The third kappa shape index (κ3) is 2.82. The fraction of sp³-hybridized carbons (Fsp3) is 0.261. The Balaban J connectivity index is 1.63. The third-order valence-electron chi connectivity index (χ3n) is 5.91. The normalized spacial score (nSPS) is 22.9. The van der Waals surface area contributed by atoms with Crippen LogP contribution < -0.4 is 4.74 Å². The van der Waals surface area contributed by atoms with E-state index in [-0.39, 0.29) is 23.9 Å². The lowest BCUT2D eigenvalue weighted by molar-refractivity contribution is -0.0714. The Labute approximate surface area is 183 Å². The summed E-state index contributed by atoms with van der Waals surface area (Å²) in [6, 6.07) is 11.7. The molecule has 0 saturated heterocycles. The molecular formula is C23H21ClN2O3S. The number of benzene rings is 2. The molecule has 154 valence electrons. The number of fused-ring (bicyclic) bond motifs is 4. The minimum Gasteiger partial charge on any atom is -0.504 e. The highest BCUT2D eigenvalue weighted by molar-refractivity contribution is 7.19. The average molecular weight is 441 g/mol. The molecule has 30 heavy (non-hydrogen) atoms. The number of halogens is 1. The van der Waals surface area contributed by atoms with E-state index in [9.17, 15) is 5.11 Å². The lowest BCUT2D eigenvalue weighted by Gasteiger charge is -2.42. The maximum absolute atomic E-state index is 10.4. The number of phenolic OH excluding ortho intramolecular Hbond substituents is 1. The van der Waals surface area contributed by atoms with Crippen molar-refractivity contribution in [3.05, 3.63) is 70.1 Å². The Morgan fingerprint density at radius 1 is 1.33 bits per heavy atom. The number of methoxy groups -OCH3 is 1. The van der Waals surface area contributed by atoms with E-state index >= 15 is 0 Å². The molecule has 3 atom stereocenters. The van der Waals surface area contributed by atoms with Crippen molar-refractivity contribution >= 4 is 38.7 Å². The van der Waals surface area contributed by atoms with Crippen molar-refractivity contribution in [2.45, 2.75) is 31.7 Å². The molecule has 2 aliphatic heterocycles. The van der Waals surface area contributed by atoms with Gasteiger partial charge in [0.2, 0.25) is 0 Å². The van der Waals surface area contributed by atoms with Crippen LogP contribution in [0.1, 0.15) is 34.9 Å². The smallest absolute Gasteiger partial charge is 0.194 e. The number of ether oxygens (including phenoxy) is 1. The Hall–Kier alpha value is -2.54. The molecule has 0 spiro atoms. The van der Waals surface area contributed by atoms with Gasteiger partial charge in [0, 0.05) is 21.5 Å². The van der Waals surface area contributed by atoms with Crippen molar-refractivity contribution < 1.29 is 14.7 Å². The standard InChI is InChI=1S/C23H21ClN2O3S/c1-4-16-14-10-18(28-3)17(27)9-15(14)21-12(2)25-29-23(21)26(16)11-20-22(24)13-7-5-6-8-19(13)30-20/h4-10,16,21,23,27H,1,11H2,2-3H3/t16-,21-,23-/m1/s1. The maximum atomic E-state index is 10.4. The molecule has 2 aliphatic rings. The first-order valence-electron chi connectivity index (χ1n) is 9.68. The van der Waals surface area contributed by atoms with Gasteiger partial charge >= 0.3 is 0 Å². The van der Waals surface area contributed by atoms with Crippen LogP contribution >= 0.6 is 22.9 Å². The van der Waals surface area contributed by atoms with Crippen molar-refractivity contribution in [2.24, 2.45) is 5.16 Å². The van der Waals surface area contributed by atoms with E-state index in [1.807, 2.05) is 37.3 Å². The van der Waals surface area contributed by atoms with Gasteiger partial charge in [-0.3, -0.25) is 0 Å². The molecule has 0 bridgehead atoms. The average Bonchev–Trinajstić information content (AvgIpc) is 3.29. The fourth-order valence-electron chi connectivity index (χ4n) is 4.50. The van der Waals surface area contributed by atoms with Gasteiger partial charge in [-0.1, -0.05) is 41.0 Å². The van der Waals surface area contributed by atoms with Crippen LogP contribution in [0.15, 0.2) is 54.2 Å². The molecule has 0 fully saturated rings. The van der Waals surface area contributed by atoms with E-state index in [4.69, 9.17) is 21.2 Å². The summed E-state index contributed by atoms with van der Waals surface area (Å²) in [5.74, 6) is 0.465. The summed E-state index contributed by atoms with van der Waals surface area (Å²) in [6.45, 7) is 6.64. The lowest BCUT2D eigenvalue weighted by Crippen LogP contribution is -2.45. The zero-order chi connectivity index (χ0) is 21.0. The quantitative estimate of drug-likeness (QED) is 0.519. The zero-order valence-electron chi connectivity index (χ0n) is 16.6. The van der Waals surface area contributed by atoms with Crippen LogP contribution in [-0.2, 0) is 11.4 Å². The molecule has 1 N–H and O–H groups in total. The Morgan fingerprint density at radius 2 is 2.13 bits per heavy atom. The number of hydrogen-bond donors (Lipinski definition) is 1. The number of nitrogens with zero attached hydrogens (tertiary/aromatic N) is 2. The van der Waals surface area contributed by atoms with Crippen LogP contribution in [0, 0.1) is 0 Å². The van der Waals surface area contributed by atoms with E-state index in [2.05, 4.69) is 22.7 Å². The predicted octanol–water partition coefficient (Wildman–Crippen LogP) is 5.83. The molecule has 1 aromatic heterocycles. The van der Waals surface area contributed by atoms with Gasteiger partial charge in [-0.2, -0.15) is 0 Å². The Kier molecular flexibility index (Phi) is 4.73. The topological polar surface area (TPSA) is 54.3 Å². The highest BCUT2D eigenvalue weighted by Gasteiger charge is 2.46. The van der Waals surface area contributed by atoms with Crippen molar-refractivity contribution in [3.8, 4) is 11.5 Å². The lowest BCUT2D eigenvalue weighted by atomic mass is 9.81. The van der Waals surface area contributed by atoms with Crippen molar-refractivity contribution in [1.82, 2.24) is 4.90 Å². The van der Waals surface area contributed by atoms with E-state index in [0.717, 1.165) is 36.8 Å². The van der Waals surface area contributed by atoms with Crippen LogP contribution in [0.3, 0.4) is 0 Å². The summed E-state index contributed by atoms with van der Waals surface area (Å²) >= 11 is 8.43. The number of thiophene rings is 1. The first-order valence-corrected chi connectivity index (χ1v) is 10.9. The van der Waals surface area contributed by atoms with Gasteiger partial charge in [0.25, 0.3) is 0 Å². The second kappa shape index (κ2) is 7.30. The van der Waals surface area contributed by atoms with Crippen LogP contribution in [-0.4, -0.2) is 29.1 Å². The van der Waals surface area contributed by atoms with Gasteiger partial charge in [-0.25, -0.2) is 4.90 Å². The molecule has 0 aliphatic carbocycles. The third-order valence-corrected chi connectivity index (χ3v) is 7.61. The molecule has 5 nitrogen and oxygen atoms in total. The van der Waals surface area contributed by atoms with Crippen LogP contribution in [0.4, 0.5) is 0 Å². The van der Waals surface area contributed by atoms with Crippen LogP contribution in [0.5, 0.6) is 11.5 Å². The number of phenols is 1. The molecule has 3 aromatic rings. The highest BCUT2D eigenvalue weighted by atomic mass is 35.5. The first kappa shape index (κ1) is 19.4. The number of rotatable bonds is 4. The van der Waals surface area contributed by atoms with E-state index in [1.165, 1.54) is 0 Å². The summed E-state index contributed by atoms with van der Waals surface area (Å²) in [7, 11) is 1.55. The van der Waals surface area contributed by atoms with Crippen molar-refractivity contribution in [1.29, 1.82) is 0 Å². The predicted molar refractivity (Wildman–Crippen MR) is 121 cm³/mol. The van der Waals surface area contributed by atoms with Gasteiger partial charge < -0.3 is 14.7 Å². The number of hydrogen-bond acceptors (Lipinski definition) is 6. The highest BCUT2D eigenvalue weighted by Crippen LogP contribution is 2.49. The first-order chi connectivity index (χ1) is 14.5. The molecule has 3 heterocycles. The van der Waals surface area contributed by atoms with Gasteiger partial charge in [0.1, 0.15) is 0 Å². The second-order valence-corrected chi connectivity index (χ2v) is 9.06. The summed E-state index contributed by atoms with van der Waals surface area (Å²) in [6.07, 6.45) is 1.60. The second-order valence-electron chi connectivity index (χ2n) is 7.55.